The van der Waals surface area contributed by atoms with Gasteiger partial charge in [0.1, 0.15) is 18.3 Å². The van der Waals surface area contributed by atoms with Gasteiger partial charge in [-0.1, -0.05) is 0 Å². The van der Waals surface area contributed by atoms with Crippen molar-refractivity contribution < 1.29 is 51.5 Å². The van der Waals surface area contributed by atoms with E-state index >= 15 is 0 Å². The normalized spacial score (nSPS) is 30.2. The lowest BCUT2D eigenvalue weighted by Crippen LogP contribution is -2.37. The largest absolute Gasteiger partial charge is 0.479 e. The molecule has 2 rings (SSSR count). The maximum Gasteiger partial charge on any atom is 0.479 e. The number of alkyl halides is 2. The van der Waals surface area contributed by atoms with E-state index in [1.807, 2.05) is 4.98 Å². The van der Waals surface area contributed by atoms with E-state index in [-0.39, 0.29) is 0 Å². The monoisotopic (exact) mass is 438 g/mol. The molecule has 0 aliphatic carbocycles. The molecule has 3 unspecified atom stereocenters. The second-order valence-corrected chi connectivity index (χ2v) is 8.62. The Balaban J connectivity index is 2.08. The summed E-state index contributed by atoms with van der Waals surface area (Å²) in [5.41, 5.74) is -1.73. The van der Waals surface area contributed by atoms with E-state index < -0.39 is 64.0 Å². The molecule has 0 spiro atoms. The van der Waals surface area contributed by atoms with Crippen molar-refractivity contribution in [2.75, 3.05) is 6.61 Å². The average molecular weight is 438 g/mol. The van der Waals surface area contributed by atoms with E-state index in [9.17, 15) is 42.6 Å². The second kappa shape index (κ2) is 7.99. The van der Waals surface area contributed by atoms with E-state index in [2.05, 4.69) is 8.83 Å². The Bertz CT molecular complexity index is 888. The molecule has 1 aliphatic rings. The number of nitrogens with one attached hydrogen (secondary N) is 1. The van der Waals surface area contributed by atoms with Crippen LogP contribution in [-0.2, 0) is 22.7 Å². The first-order chi connectivity index (χ1) is 12.3. The molecule has 1 aliphatic heterocycles. The summed E-state index contributed by atoms with van der Waals surface area (Å²) in [7, 11) is -11.2. The Hall–Kier alpha value is -1.28. The Morgan fingerprint density at radius 2 is 1.89 bits per heavy atom. The molecule has 0 aromatic carbocycles. The number of aliphatic hydroxyl groups is 2. The lowest BCUT2D eigenvalue weighted by Gasteiger charge is -2.19. The summed E-state index contributed by atoms with van der Waals surface area (Å²) in [6.07, 6.45) is -9.61. The molecule has 1 aromatic rings. The predicted molar refractivity (Wildman–Crippen MR) is 79.9 cm³/mol. The Morgan fingerprint density at radius 1 is 1.26 bits per heavy atom. The van der Waals surface area contributed by atoms with Crippen molar-refractivity contribution in [1.29, 1.82) is 0 Å². The molecule has 0 radical (unpaired) electrons. The summed E-state index contributed by atoms with van der Waals surface area (Å²) in [5.74, 6) is 0. The van der Waals surface area contributed by atoms with Gasteiger partial charge in [-0.25, -0.2) is 13.7 Å². The van der Waals surface area contributed by atoms with Crippen LogP contribution in [0.25, 0.3) is 0 Å². The van der Waals surface area contributed by atoms with Gasteiger partial charge in [-0.2, -0.15) is 8.78 Å². The molecule has 1 aromatic heterocycles. The summed E-state index contributed by atoms with van der Waals surface area (Å²) in [4.78, 5) is 42.6. The number of aromatic nitrogens is 2. The highest BCUT2D eigenvalue weighted by molar-refractivity contribution is 7.64. The van der Waals surface area contributed by atoms with Gasteiger partial charge in [0.2, 0.25) is 0 Å². The van der Waals surface area contributed by atoms with Gasteiger partial charge < -0.3 is 24.7 Å². The number of rotatable bonds is 7. The van der Waals surface area contributed by atoms with Crippen molar-refractivity contribution in [3.05, 3.63) is 33.1 Å². The summed E-state index contributed by atoms with van der Waals surface area (Å²) in [6.45, 7) is -1.04. The lowest BCUT2D eigenvalue weighted by molar-refractivity contribution is -0.0542. The number of ether oxygens (including phenoxy) is 1. The molecular formula is C10H14F2N2O11P2. The Labute approximate surface area is 147 Å². The molecule has 5 N–H and O–H groups in total. The van der Waals surface area contributed by atoms with Crippen molar-refractivity contribution in [1.82, 2.24) is 9.55 Å². The molecule has 2 heterocycles. The number of aliphatic hydroxyl groups excluding tert-OH is 2. The molecule has 6 atom stereocenters. The third kappa shape index (κ3) is 5.16. The number of H-pyrrole nitrogens is 1. The first kappa shape index (κ1) is 22.0. The van der Waals surface area contributed by atoms with Crippen LogP contribution in [0.4, 0.5) is 8.78 Å². The highest BCUT2D eigenvalue weighted by Crippen LogP contribution is 2.63. The number of halogens is 2. The van der Waals surface area contributed by atoms with Gasteiger partial charge in [-0.3, -0.25) is 23.4 Å². The Kier molecular flexibility index (Phi) is 6.52. The van der Waals surface area contributed by atoms with Crippen LogP contribution in [-0.4, -0.2) is 60.6 Å². The molecule has 1 saturated heterocycles. The fourth-order valence-corrected chi connectivity index (χ4v) is 4.09. The van der Waals surface area contributed by atoms with Crippen molar-refractivity contribution in [2.45, 2.75) is 30.7 Å². The smallest absolute Gasteiger partial charge is 0.387 e. The average Bonchev–Trinajstić information content (AvgIpc) is 2.80. The highest BCUT2D eigenvalue weighted by Gasteiger charge is 2.46. The third-order valence-electron chi connectivity index (χ3n) is 3.33. The van der Waals surface area contributed by atoms with E-state index in [1.165, 1.54) is 0 Å². The highest BCUT2D eigenvalue weighted by atomic mass is 31.3. The molecule has 1 fully saturated rings. The lowest BCUT2D eigenvalue weighted by atomic mass is 10.1. The van der Waals surface area contributed by atoms with Crippen molar-refractivity contribution >= 4 is 15.4 Å². The zero-order valence-corrected chi connectivity index (χ0v) is 14.8. The first-order valence-electron chi connectivity index (χ1n) is 6.96. The van der Waals surface area contributed by atoms with Crippen LogP contribution in [0.2, 0.25) is 0 Å². The molecule has 17 heteroatoms. The summed E-state index contributed by atoms with van der Waals surface area (Å²) in [5, 5.41) is 19.8. The SMILES string of the molecule is O=c1ccn([C@@H]2O[C@H](COP(=O)(O)OP(=O)(O)C(F)F)C(O)[C@@H]2O)c(=O)[nH]1. The van der Waals surface area contributed by atoms with Gasteiger partial charge in [-0.15, -0.1) is 0 Å². The van der Waals surface area contributed by atoms with E-state index in [4.69, 9.17) is 9.63 Å². The topological polar surface area (TPSA) is 198 Å². The maximum absolute atomic E-state index is 12.2. The van der Waals surface area contributed by atoms with Gasteiger partial charge in [0, 0.05) is 12.3 Å². The van der Waals surface area contributed by atoms with Gasteiger partial charge in [0.05, 0.1) is 6.61 Å². The van der Waals surface area contributed by atoms with Crippen LogP contribution >= 0.6 is 15.4 Å². The van der Waals surface area contributed by atoms with E-state index in [1.54, 1.807) is 0 Å². The van der Waals surface area contributed by atoms with Crippen LogP contribution in [0.5, 0.6) is 0 Å². The minimum atomic E-state index is -5.75. The maximum atomic E-state index is 12.2. The van der Waals surface area contributed by atoms with Gasteiger partial charge in [0.25, 0.3) is 5.56 Å². The van der Waals surface area contributed by atoms with Crippen LogP contribution in [0.1, 0.15) is 6.23 Å². The van der Waals surface area contributed by atoms with Gasteiger partial charge in [0.15, 0.2) is 6.23 Å². The second-order valence-electron chi connectivity index (χ2n) is 5.25. The molecule has 13 nitrogen and oxygen atoms in total. The van der Waals surface area contributed by atoms with Crippen molar-refractivity contribution in [3.8, 4) is 0 Å². The fraction of sp³-hybridized carbons (Fsp3) is 0.600. The number of hydrogen-bond acceptors (Lipinski definition) is 9. The van der Waals surface area contributed by atoms with Crippen LogP contribution in [0.3, 0.4) is 0 Å². The summed E-state index contributed by atoms with van der Waals surface area (Å²) >= 11 is 0. The summed E-state index contributed by atoms with van der Waals surface area (Å²) in [6, 6.07) is 0.923. The van der Waals surface area contributed by atoms with Crippen LogP contribution in [0.15, 0.2) is 21.9 Å². The number of phosphoric acid groups is 1. The molecule has 154 valence electrons. The third-order valence-corrected chi connectivity index (χ3v) is 6.06. The van der Waals surface area contributed by atoms with Gasteiger partial charge >= 0.3 is 27.3 Å². The zero-order valence-electron chi connectivity index (χ0n) is 13.0. The van der Waals surface area contributed by atoms with Crippen molar-refractivity contribution in [3.63, 3.8) is 0 Å². The molecule has 0 bridgehead atoms. The minimum absolute atomic E-state index is 0.711. The molecule has 0 amide bonds. The van der Waals surface area contributed by atoms with Gasteiger partial charge in [-0.05, 0) is 0 Å². The fourth-order valence-electron chi connectivity index (χ4n) is 2.10. The molecular weight excluding hydrogens is 424 g/mol. The number of aromatic amines is 1. The molecule has 0 saturated carbocycles. The summed E-state index contributed by atoms with van der Waals surface area (Å²) < 4.78 is 60.4. The van der Waals surface area contributed by atoms with Crippen LogP contribution < -0.4 is 11.2 Å². The van der Waals surface area contributed by atoms with E-state index in [0.717, 1.165) is 12.3 Å². The Morgan fingerprint density at radius 3 is 2.44 bits per heavy atom. The first-order valence-corrected chi connectivity index (χ1v) is 10.1. The molecule has 27 heavy (non-hydrogen) atoms. The van der Waals surface area contributed by atoms with Crippen molar-refractivity contribution in [2.24, 2.45) is 0 Å². The van der Waals surface area contributed by atoms with Crippen LogP contribution in [0, 0.1) is 0 Å². The predicted octanol–water partition coefficient (Wildman–Crippen LogP) is -1.30. The zero-order chi connectivity index (χ0) is 20.6. The number of phosphoric ester groups is 1. The minimum Gasteiger partial charge on any atom is -0.387 e. The number of hydrogen-bond donors (Lipinski definition) is 5. The number of nitrogens with zero attached hydrogens (tertiary/aromatic N) is 1. The quantitative estimate of drug-likeness (QED) is 0.317. The standard InChI is InChI=1S/C10H14F2N2O11P2/c11-9(12)26(19,20)25-27(21,22)23-3-4-6(16)7(17)8(24-4)14-2-1-5(15)13-10(14)18/h1-2,4,6-9,16-17H,3H2,(H,19,20)(H,21,22)(H,13,15,18)/t4-,6?,7+,8-/m1/s1. The van der Waals surface area contributed by atoms with E-state index in [0.29, 0.717) is 4.57 Å².